The van der Waals surface area contributed by atoms with E-state index in [0.29, 0.717) is 0 Å². The van der Waals surface area contributed by atoms with Crippen molar-refractivity contribution in [1.29, 1.82) is 0 Å². The molecule has 18 heavy (non-hydrogen) atoms. The molecule has 2 rings (SSSR count). The number of ether oxygens (including phenoxy) is 1. The van der Waals surface area contributed by atoms with Crippen molar-refractivity contribution in [1.82, 2.24) is 5.43 Å². The van der Waals surface area contributed by atoms with Crippen LogP contribution in [0.2, 0.25) is 0 Å². The van der Waals surface area contributed by atoms with Crippen molar-refractivity contribution in [2.75, 3.05) is 7.11 Å². The molecule has 1 atom stereocenters. The van der Waals surface area contributed by atoms with Gasteiger partial charge in [-0.3, -0.25) is 11.3 Å². The number of hydrogen-bond donors (Lipinski definition) is 2. The number of halogens is 1. The SMILES string of the molecule is COc1ccc(C(Cc2ccsc2)NN)cc1Br. The van der Waals surface area contributed by atoms with Crippen molar-refractivity contribution in [2.24, 2.45) is 5.84 Å². The second-order valence-corrected chi connectivity index (χ2v) is 5.58. The van der Waals surface area contributed by atoms with Crippen molar-refractivity contribution in [3.05, 3.63) is 50.6 Å². The minimum atomic E-state index is 0.0989. The summed E-state index contributed by atoms with van der Waals surface area (Å²) in [5.74, 6) is 6.47. The molecule has 0 spiro atoms. The maximum atomic E-state index is 5.65. The molecule has 96 valence electrons. The molecule has 0 amide bonds. The first kappa shape index (κ1) is 13.5. The lowest BCUT2D eigenvalue weighted by Gasteiger charge is -2.17. The Morgan fingerprint density at radius 2 is 2.28 bits per heavy atom. The van der Waals surface area contributed by atoms with Gasteiger partial charge in [0.2, 0.25) is 0 Å². The smallest absolute Gasteiger partial charge is 0.133 e. The van der Waals surface area contributed by atoms with E-state index in [1.165, 1.54) is 5.56 Å². The fourth-order valence-electron chi connectivity index (χ4n) is 1.82. The quantitative estimate of drug-likeness (QED) is 0.654. The molecule has 0 saturated heterocycles. The van der Waals surface area contributed by atoms with Crippen LogP contribution >= 0.6 is 27.3 Å². The summed E-state index contributed by atoms with van der Waals surface area (Å²) < 4.78 is 6.16. The van der Waals surface area contributed by atoms with E-state index in [-0.39, 0.29) is 6.04 Å². The molecule has 0 fully saturated rings. The second kappa shape index (κ2) is 6.33. The Balaban J connectivity index is 2.19. The molecule has 0 aliphatic carbocycles. The van der Waals surface area contributed by atoms with Crippen LogP contribution in [0.3, 0.4) is 0 Å². The number of rotatable bonds is 5. The van der Waals surface area contributed by atoms with E-state index in [0.717, 1.165) is 22.2 Å². The number of methoxy groups -OCH3 is 1. The van der Waals surface area contributed by atoms with Crippen molar-refractivity contribution in [2.45, 2.75) is 12.5 Å². The van der Waals surface area contributed by atoms with Crippen molar-refractivity contribution in [3.8, 4) is 5.75 Å². The van der Waals surface area contributed by atoms with Crippen LogP contribution < -0.4 is 16.0 Å². The lowest BCUT2D eigenvalue weighted by molar-refractivity contribution is 0.411. The summed E-state index contributed by atoms with van der Waals surface area (Å²) in [6, 6.07) is 8.23. The molecule has 1 aromatic heterocycles. The standard InChI is InChI=1S/C13H15BrN2OS/c1-17-13-3-2-10(7-11(13)14)12(16-15)6-9-4-5-18-8-9/h2-5,7-8,12,16H,6,15H2,1H3. The van der Waals surface area contributed by atoms with Gasteiger partial charge < -0.3 is 4.74 Å². The third kappa shape index (κ3) is 3.11. The first-order chi connectivity index (χ1) is 8.74. The maximum absolute atomic E-state index is 5.65. The van der Waals surface area contributed by atoms with E-state index in [1.807, 2.05) is 18.2 Å². The van der Waals surface area contributed by atoms with Gasteiger partial charge in [-0.1, -0.05) is 6.07 Å². The minimum Gasteiger partial charge on any atom is -0.496 e. The summed E-state index contributed by atoms with van der Waals surface area (Å²) in [4.78, 5) is 0. The van der Waals surface area contributed by atoms with Crippen LogP contribution in [-0.2, 0) is 6.42 Å². The van der Waals surface area contributed by atoms with E-state index in [1.54, 1.807) is 18.4 Å². The Hall–Kier alpha value is -0.880. The number of thiophene rings is 1. The second-order valence-electron chi connectivity index (χ2n) is 3.95. The van der Waals surface area contributed by atoms with E-state index < -0.39 is 0 Å². The van der Waals surface area contributed by atoms with Gasteiger partial charge in [-0.15, -0.1) is 0 Å². The topological polar surface area (TPSA) is 47.3 Å². The van der Waals surface area contributed by atoms with Crippen LogP contribution in [0.25, 0.3) is 0 Å². The molecular formula is C13H15BrN2OS. The average Bonchev–Trinajstić information content (AvgIpc) is 2.88. The molecule has 0 saturated carbocycles. The Bertz CT molecular complexity index is 502. The third-order valence-corrected chi connectivity index (χ3v) is 4.15. The highest BCUT2D eigenvalue weighted by molar-refractivity contribution is 9.10. The van der Waals surface area contributed by atoms with Crippen LogP contribution in [-0.4, -0.2) is 7.11 Å². The normalized spacial score (nSPS) is 12.4. The van der Waals surface area contributed by atoms with Gasteiger partial charge in [0.15, 0.2) is 0 Å². The van der Waals surface area contributed by atoms with Crippen molar-refractivity contribution >= 4 is 27.3 Å². The molecule has 2 aromatic rings. The number of benzene rings is 1. The highest BCUT2D eigenvalue weighted by Gasteiger charge is 2.12. The number of nitrogens with two attached hydrogens (primary N) is 1. The number of nitrogens with one attached hydrogen (secondary N) is 1. The Morgan fingerprint density at radius 1 is 1.44 bits per heavy atom. The van der Waals surface area contributed by atoms with Gasteiger partial charge in [0.1, 0.15) is 5.75 Å². The Labute approximate surface area is 119 Å². The zero-order valence-electron chi connectivity index (χ0n) is 10.0. The van der Waals surface area contributed by atoms with Crippen LogP contribution in [0.5, 0.6) is 5.75 Å². The summed E-state index contributed by atoms with van der Waals surface area (Å²) >= 11 is 5.19. The molecule has 1 unspecified atom stereocenters. The molecule has 1 aromatic carbocycles. The molecular weight excluding hydrogens is 312 g/mol. The van der Waals surface area contributed by atoms with Crippen LogP contribution in [0.4, 0.5) is 0 Å². The molecule has 0 bridgehead atoms. The molecule has 0 aliphatic rings. The lowest BCUT2D eigenvalue weighted by atomic mass is 10.0. The Morgan fingerprint density at radius 3 is 2.83 bits per heavy atom. The maximum Gasteiger partial charge on any atom is 0.133 e. The molecule has 1 heterocycles. The predicted molar refractivity (Wildman–Crippen MR) is 78.8 cm³/mol. The van der Waals surface area contributed by atoms with Gasteiger partial charge in [0, 0.05) is 0 Å². The zero-order valence-corrected chi connectivity index (χ0v) is 12.4. The van der Waals surface area contributed by atoms with E-state index in [2.05, 4.69) is 38.2 Å². The van der Waals surface area contributed by atoms with Gasteiger partial charge in [0.25, 0.3) is 0 Å². The number of hydrazine groups is 1. The molecule has 3 N–H and O–H groups in total. The average molecular weight is 327 g/mol. The van der Waals surface area contributed by atoms with Gasteiger partial charge in [-0.05, 0) is 62.4 Å². The van der Waals surface area contributed by atoms with Gasteiger partial charge >= 0.3 is 0 Å². The monoisotopic (exact) mass is 326 g/mol. The van der Waals surface area contributed by atoms with E-state index in [9.17, 15) is 0 Å². The zero-order chi connectivity index (χ0) is 13.0. The fraction of sp³-hybridized carbons (Fsp3) is 0.231. The first-order valence-electron chi connectivity index (χ1n) is 5.55. The van der Waals surface area contributed by atoms with E-state index in [4.69, 9.17) is 10.6 Å². The predicted octanol–water partition coefficient (Wildman–Crippen LogP) is 3.27. The summed E-state index contributed by atoms with van der Waals surface area (Å²) in [6.07, 6.45) is 0.874. The molecule has 0 radical (unpaired) electrons. The summed E-state index contributed by atoms with van der Waals surface area (Å²) in [5.41, 5.74) is 5.29. The van der Waals surface area contributed by atoms with Crippen molar-refractivity contribution < 1.29 is 4.74 Å². The Kier molecular flexibility index (Phi) is 4.77. The van der Waals surface area contributed by atoms with Crippen LogP contribution in [0.1, 0.15) is 17.2 Å². The largest absolute Gasteiger partial charge is 0.496 e. The first-order valence-corrected chi connectivity index (χ1v) is 7.29. The highest BCUT2D eigenvalue weighted by Crippen LogP contribution is 2.29. The summed E-state index contributed by atoms with van der Waals surface area (Å²) in [5, 5.41) is 4.22. The van der Waals surface area contributed by atoms with Gasteiger partial charge in [0.05, 0.1) is 17.6 Å². The van der Waals surface area contributed by atoms with Crippen LogP contribution in [0, 0.1) is 0 Å². The molecule has 5 heteroatoms. The summed E-state index contributed by atoms with van der Waals surface area (Å²) in [7, 11) is 1.66. The van der Waals surface area contributed by atoms with Crippen molar-refractivity contribution in [3.63, 3.8) is 0 Å². The van der Waals surface area contributed by atoms with Gasteiger partial charge in [-0.2, -0.15) is 11.3 Å². The highest BCUT2D eigenvalue weighted by atomic mass is 79.9. The lowest BCUT2D eigenvalue weighted by Crippen LogP contribution is -2.29. The fourth-order valence-corrected chi connectivity index (χ4v) is 3.06. The molecule has 0 aliphatic heterocycles. The summed E-state index contributed by atoms with van der Waals surface area (Å²) in [6.45, 7) is 0. The molecule has 3 nitrogen and oxygen atoms in total. The van der Waals surface area contributed by atoms with Crippen LogP contribution in [0.15, 0.2) is 39.5 Å². The third-order valence-electron chi connectivity index (χ3n) is 2.80. The number of hydrogen-bond acceptors (Lipinski definition) is 4. The van der Waals surface area contributed by atoms with E-state index >= 15 is 0 Å². The minimum absolute atomic E-state index is 0.0989. The van der Waals surface area contributed by atoms with Gasteiger partial charge in [-0.25, -0.2) is 0 Å².